The van der Waals surface area contributed by atoms with E-state index in [1.807, 2.05) is 0 Å². The van der Waals surface area contributed by atoms with Gasteiger partial charge in [0.15, 0.2) is 0 Å². The number of anilines is 1. The molecular formula is C10H9F3N2. The Labute approximate surface area is 84.1 Å². The summed E-state index contributed by atoms with van der Waals surface area (Å²) in [5, 5.41) is 0.541. The van der Waals surface area contributed by atoms with Gasteiger partial charge in [0.1, 0.15) is 5.69 Å². The minimum atomic E-state index is -4.33. The number of fused-ring (bicyclic) bond motifs is 1. The Balaban J connectivity index is 2.76. The highest BCUT2D eigenvalue weighted by molar-refractivity contribution is 5.84. The smallest absolute Gasteiger partial charge is 0.399 e. The number of nitrogen functional groups attached to an aromatic ring is 1. The van der Waals surface area contributed by atoms with Crippen molar-refractivity contribution in [2.24, 2.45) is 7.05 Å². The van der Waals surface area contributed by atoms with E-state index < -0.39 is 11.9 Å². The second-order valence-electron chi connectivity index (χ2n) is 3.40. The maximum atomic E-state index is 12.5. The molecule has 0 aliphatic carbocycles. The Kier molecular flexibility index (Phi) is 1.92. The van der Waals surface area contributed by atoms with Crippen molar-refractivity contribution < 1.29 is 13.2 Å². The first-order valence-electron chi connectivity index (χ1n) is 4.32. The molecular weight excluding hydrogens is 205 g/mol. The largest absolute Gasteiger partial charge is 0.431 e. The summed E-state index contributed by atoms with van der Waals surface area (Å²) in [6, 6.07) is 5.82. The standard InChI is InChI=1S/C10H9F3N2/c1-15-8-5-7(14)3-2-6(8)4-9(15)10(11,12)13/h2-5H,14H2,1H3. The van der Waals surface area contributed by atoms with Gasteiger partial charge in [-0.1, -0.05) is 6.07 Å². The highest BCUT2D eigenvalue weighted by Crippen LogP contribution is 2.33. The Hall–Kier alpha value is -1.65. The van der Waals surface area contributed by atoms with Gasteiger partial charge in [-0.15, -0.1) is 0 Å². The average Bonchev–Trinajstić information content (AvgIpc) is 2.43. The van der Waals surface area contributed by atoms with E-state index in [0.29, 0.717) is 16.6 Å². The first kappa shape index (κ1) is 9.89. The molecule has 2 N–H and O–H groups in total. The lowest BCUT2D eigenvalue weighted by molar-refractivity contribution is -0.142. The summed E-state index contributed by atoms with van der Waals surface area (Å²) in [6.07, 6.45) is -4.33. The minimum absolute atomic E-state index is 0.456. The molecule has 0 radical (unpaired) electrons. The maximum Gasteiger partial charge on any atom is 0.431 e. The van der Waals surface area contributed by atoms with Crippen molar-refractivity contribution in [3.63, 3.8) is 0 Å². The molecule has 2 nitrogen and oxygen atoms in total. The number of hydrogen-bond donors (Lipinski definition) is 1. The fraction of sp³-hybridized carbons (Fsp3) is 0.200. The van der Waals surface area contributed by atoms with E-state index in [1.54, 1.807) is 12.1 Å². The quantitative estimate of drug-likeness (QED) is 0.671. The van der Waals surface area contributed by atoms with Gasteiger partial charge in [-0.25, -0.2) is 0 Å². The minimum Gasteiger partial charge on any atom is -0.399 e. The lowest BCUT2D eigenvalue weighted by Gasteiger charge is -2.07. The van der Waals surface area contributed by atoms with Crippen LogP contribution in [0.5, 0.6) is 0 Å². The van der Waals surface area contributed by atoms with Crippen molar-refractivity contribution in [3.8, 4) is 0 Å². The molecule has 15 heavy (non-hydrogen) atoms. The van der Waals surface area contributed by atoms with Gasteiger partial charge in [0.05, 0.1) is 5.52 Å². The van der Waals surface area contributed by atoms with Crippen molar-refractivity contribution in [2.75, 3.05) is 5.73 Å². The summed E-state index contributed by atoms with van der Waals surface area (Å²) in [7, 11) is 1.38. The molecule has 1 heterocycles. The fourth-order valence-corrected chi connectivity index (χ4v) is 1.62. The first-order chi connectivity index (χ1) is 6.89. The van der Waals surface area contributed by atoms with Crippen LogP contribution in [0.2, 0.25) is 0 Å². The van der Waals surface area contributed by atoms with Crippen molar-refractivity contribution in [1.82, 2.24) is 4.57 Å². The molecule has 0 bridgehead atoms. The van der Waals surface area contributed by atoms with E-state index in [4.69, 9.17) is 5.73 Å². The van der Waals surface area contributed by atoms with Crippen LogP contribution in [0.25, 0.3) is 10.9 Å². The monoisotopic (exact) mass is 214 g/mol. The summed E-state index contributed by atoms with van der Waals surface area (Å²) in [5.41, 5.74) is 5.80. The van der Waals surface area contributed by atoms with Gasteiger partial charge in [0, 0.05) is 18.1 Å². The van der Waals surface area contributed by atoms with E-state index in [-0.39, 0.29) is 0 Å². The number of hydrogen-bond acceptors (Lipinski definition) is 1. The molecule has 0 amide bonds. The normalized spacial score (nSPS) is 12.3. The summed E-state index contributed by atoms with van der Waals surface area (Å²) >= 11 is 0. The number of aromatic nitrogens is 1. The summed E-state index contributed by atoms with van der Waals surface area (Å²) in [4.78, 5) is 0. The molecule has 0 fully saturated rings. The molecule has 80 valence electrons. The molecule has 0 saturated carbocycles. The van der Waals surface area contributed by atoms with Crippen LogP contribution in [0.4, 0.5) is 18.9 Å². The van der Waals surface area contributed by atoms with Crippen molar-refractivity contribution in [2.45, 2.75) is 6.18 Å². The number of nitrogens with zero attached hydrogens (tertiary/aromatic N) is 1. The maximum absolute atomic E-state index is 12.5. The molecule has 5 heteroatoms. The second kappa shape index (κ2) is 2.92. The van der Waals surface area contributed by atoms with E-state index in [0.717, 1.165) is 10.6 Å². The first-order valence-corrected chi connectivity index (χ1v) is 4.32. The third-order valence-electron chi connectivity index (χ3n) is 2.36. The van der Waals surface area contributed by atoms with Gasteiger partial charge in [-0.3, -0.25) is 0 Å². The van der Waals surface area contributed by atoms with Crippen LogP contribution in [0.1, 0.15) is 5.69 Å². The zero-order chi connectivity index (χ0) is 11.2. The van der Waals surface area contributed by atoms with Crippen LogP contribution in [0.15, 0.2) is 24.3 Å². The summed E-state index contributed by atoms with van der Waals surface area (Å²) in [5.74, 6) is 0. The lowest BCUT2D eigenvalue weighted by Crippen LogP contribution is -2.10. The lowest BCUT2D eigenvalue weighted by atomic mass is 10.2. The topological polar surface area (TPSA) is 30.9 Å². The zero-order valence-electron chi connectivity index (χ0n) is 7.97. The molecule has 1 aromatic carbocycles. The zero-order valence-corrected chi connectivity index (χ0v) is 7.97. The fourth-order valence-electron chi connectivity index (χ4n) is 1.62. The van der Waals surface area contributed by atoms with Gasteiger partial charge in [0.2, 0.25) is 0 Å². The van der Waals surface area contributed by atoms with Crippen LogP contribution in [0, 0.1) is 0 Å². The van der Waals surface area contributed by atoms with Crippen LogP contribution in [0.3, 0.4) is 0 Å². The molecule has 2 rings (SSSR count). The van der Waals surface area contributed by atoms with Gasteiger partial charge < -0.3 is 10.3 Å². The molecule has 0 saturated heterocycles. The van der Waals surface area contributed by atoms with Crippen molar-refractivity contribution in [1.29, 1.82) is 0 Å². The van der Waals surface area contributed by atoms with Gasteiger partial charge >= 0.3 is 6.18 Å². The van der Waals surface area contributed by atoms with Crippen LogP contribution in [-0.4, -0.2) is 4.57 Å². The van der Waals surface area contributed by atoms with Gasteiger partial charge in [-0.05, 0) is 18.2 Å². The van der Waals surface area contributed by atoms with Crippen LogP contribution >= 0.6 is 0 Å². The number of nitrogens with two attached hydrogens (primary N) is 1. The predicted molar refractivity (Wildman–Crippen MR) is 52.3 cm³/mol. The molecule has 2 aromatic rings. The van der Waals surface area contributed by atoms with E-state index in [1.165, 1.54) is 13.1 Å². The molecule has 0 spiro atoms. The average molecular weight is 214 g/mol. The third-order valence-corrected chi connectivity index (χ3v) is 2.36. The van der Waals surface area contributed by atoms with Crippen LogP contribution in [-0.2, 0) is 13.2 Å². The summed E-state index contributed by atoms with van der Waals surface area (Å²) < 4.78 is 38.7. The highest BCUT2D eigenvalue weighted by atomic mass is 19.4. The predicted octanol–water partition coefficient (Wildman–Crippen LogP) is 2.78. The molecule has 0 unspecified atom stereocenters. The third kappa shape index (κ3) is 1.54. The molecule has 1 aromatic heterocycles. The Morgan fingerprint density at radius 3 is 2.47 bits per heavy atom. The van der Waals surface area contributed by atoms with Crippen molar-refractivity contribution >= 4 is 16.6 Å². The SMILES string of the molecule is Cn1c(C(F)(F)F)cc2ccc(N)cc21. The molecule has 0 atom stereocenters. The summed E-state index contributed by atoms with van der Waals surface area (Å²) in [6.45, 7) is 0. The van der Waals surface area contributed by atoms with E-state index >= 15 is 0 Å². The van der Waals surface area contributed by atoms with Crippen molar-refractivity contribution in [3.05, 3.63) is 30.0 Å². The molecule has 0 aliphatic rings. The van der Waals surface area contributed by atoms with Gasteiger partial charge in [-0.2, -0.15) is 13.2 Å². The highest BCUT2D eigenvalue weighted by Gasteiger charge is 2.34. The van der Waals surface area contributed by atoms with E-state index in [2.05, 4.69) is 0 Å². The Bertz CT molecular complexity index is 511. The van der Waals surface area contributed by atoms with E-state index in [9.17, 15) is 13.2 Å². The number of aryl methyl sites for hydroxylation is 1. The Morgan fingerprint density at radius 2 is 1.87 bits per heavy atom. The number of halogens is 3. The molecule has 0 aliphatic heterocycles. The second-order valence-corrected chi connectivity index (χ2v) is 3.40. The van der Waals surface area contributed by atoms with Crippen LogP contribution < -0.4 is 5.73 Å². The Morgan fingerprint density at radius 1 is 1.20 bits per heavy atom. The van der Waals surface area contributed by atoms with Gasteiger partial charge in [0.25, 0.3) is 0 Å². The number of rotatable bonds is 0. The number of benzene rings is 1. The number of alkyl halides is 3.